The second kappa shape index (κ2) is 6.92. The van der Waals surface area contributed by atoms with Crippen LogP contribution in [-0.2, 0) is 11.3 Å². The maximum Gasteiger partial charge on any atom is 0.488 e. The molecule has 0 amide bonds. The van der Waals surface area contributed by atoms with Crippen LogP contribution in [0.4, 0.5) is 0 Å². The molecule has 2 aromatic carbocycles. The molecule has 0 unspecified atom stereocenters. The van der Waals surface area contributed by atoms with Gasteiger partial charge in [-0.1, -0.05) is 36.4 Å². The van der Waals surface area contributed by atoms with Gasteiger partial charge in [-0.15, -0.1) is 0 Å². The maximum absolute atomic E-state index is 12.1. The minimum Gasteiger partial charge on any atom is -0.496 e. The van der Waals surface area contributed by atoms with E-state index in [4.69, 9.17) is 19.5 Å². The predicted molar refractivity (Wildman–Crippen MR) is 78.4 cm³/mol. The second-order valence-corrected chi connectivity index (χ2v) is 4.40. The highest BCUT2D eigenvalue weighted by atomic mass is 16.5. The molecule has 0 bridgehead atoms. The number of esters is 1. The van der Waals surface area contributed by atoms with Crippen molar-refractivity contribution in [2.24, 2.45) is 0 Å². The van der Waals surface area contributed by atoms with Crippen molar-refractivity contribution in [3.63, 3.8) is 0 Å². The van der Waals surface area contributed by atoms with E-state index in [9.17, 15) is 4.79 Å². The van der Waals surface area contributed by atoms with Crippen molar-refractivity contribution in [2.45, 2.75) is 6.61 Å². The van der Waals surface area contributed by atoms with Crippen LogP contribution < -0.4 is 10.2 Å². The van der Waals surface area contributed by atoms with Crippen LogP contribution in [-0.4, -0.2) is 30.2 Å². The summed E-state index contributed by atoms with van der Waals surface area (Å²) in [4.78, 5) is 12.1. The molecule has 0 saturated heterocycles. The summed E-state index contributed by atoms with van der Waals surface area (Å²) in [5.74, 6) is -0.268. The number of hydrogen-bond acceptors (Lipinski definition) is 5. The van der Waals surface area contributed by atoms with E-state index in [0.29, 0.717) is 5.75 Å². The minimum absolute atomic E-state index is 0.134. The average molecular weight is 286 g/mol. The van der Waals surface area contributed by atoms with Gasteiger partial charge in [0.1, 0.15) is 17.9 Å². The molecule has 0 aliphatic rings. The summed E-state index contributed by atoms with van der Waals surface area (Å²) in [5.41, 5.74) is 1.21. The third kappa shape index (κ3) is 3.84. The number of methoxy groups -OCH3 is 1. The molecule has 0 radical (unpaired) electrons. The van der Waals surface area contributed by atoms with Crippen molar-refractivity contribution in [3.05, 3.63) is 59.7 Å². The molecule has 21 heavy (non-hydrogen) atoms. The first kappa shape index (κ1) is 15.1. The normalized spacial score (nSPS) is 10.0. The second-order valence-electron chi connectivity index (χ2n) is 4.40. The van der Waals surface area contributed by atoms with E-state index in [2.05, 4.69) is 0 Å². The number of ether oxygens (including phenoxy) is 2. The average Bonchev–Trinajstić information content (AvgIpc) is 2.52. The fourth-order valence-electron chi connectivity index (χ4n) is 1.85. The SMILES string of the molecule is COc1ccc(B(O)O)cc1C(=O)OCc1ccccc1. The lowest BCUT2D eigenvalue weighted by Crippen LogP contribution is -2.30. The Kier molecular flexibility index (Phi) is 4.97. The van der Waals surface area contributed by atoms with Gasteiger partial charge in [0.05, 0.1) is 7.11 Å². The van der Waals surface area contributed by atoms with Gasteiger partial charge in [-0.2, -0.15) is 0 Å². The number of carbonyl (C=O) groups excluding carboxylic acids is 1. The van der Waals surface area contributed by atoms with Gasteiger partial charge in [-0.3, -0.25) is 0 Å². The molecule has 0 aliphatic heterocycles. The summed E-state index contributed by atoms with van der Waals surface area (Å²) in [6.07, 6.45) is 0. The fraction of sp³-hybridized carbons (Fsp3) is 0.133. The third-order valence-corrected chi connectivity index (χ3v) is 2.95. The molecule has 0 atom stereocenters. The van der Waals surface area contributed by atoms with Crippen LogP contribution in [0, 0.1) is 0 Å². The Morgan fingerprint density at radius 2 is 1.86 bits per heavy atom. The molecule has 2 N–H and O–H groups in total. The summed E-state index contributed by atoms with van der Waals surface area (Å²) in [5, 5.41) is 18.3. The van der Waals surface area contributed by atoms with Crippen molar-refractivity contribution in [1.29, 1.82) is 0 Å². The Hall–Kier alpha value is -2.31. The molecule has 2 rings (SSSR count). The summed E-state index contributed by atoms with van der Waals surface area (Å²) in [7, 11) is -0.227. The molecule has 0 heterocycles. The Balaban J connectivity index is 2.15. The highest BCUT2D eigenvalue weighted by molar-refractivity contribution is 6.58. The zero-order valence-electron chi connectivity index (χ0n) is 11.5. The van der Waals surface area contributed by atoms with Crippen molar-refractivity contribution < 1.29 is 24.3 Å². The highest BCUT2D eigenvalue weighted by Gasteiger charge is 2.19. The van der Waals surface area contributed by atoms with Crippen LogP contribution in [0.15, 0.2) is 48.5 Å². The van der Waals surface area contributed by atoms with E-state index in [-0.39, 0.29) is 17.6 Å². The zero-order valence-corrected chi connectivity index (χ0v) is 11.5. The van der Waals surface area contributed by atoms with Crippen molar-refractivity contribution in [2.75, 3.05) is 7.11 Å². The van der Waals surface area contributed by atoms with Gasteiger partial charge in [-0.05, 0) is 23.2 Å². The lowest BCUT2D eigenvalue weighted by atomic mass is 9.79. The largest absolute Gasteiger partial charge is 0.496 e. The van der Waals surface area contributed by atoms with E-state index in [1.807, 2.05) is 30.3 Å². The van der Waals surface area contributed by atoms with E-state index in [1.54, 1.807) is 0 Å². The molecule has 0 aromatic heterocycles. The monoisotopic (exact) mass is 286 g/mol. The Morgan fingerprint density at radius 3 is 2.48 bits per heavy atom. The Labute approximate surface area is 122 Å². The fourth-order valence-corrected chi connectivity index (χ4v) is 1.85. The van der Waals surface area contributed by atoms with Crippen molar-refractivity contribution in [1.82, 2.24) is 0 Å². The van der Waals surface area contributed by atoms with Gasteiger partial charge >= 0.3 is 13.1 Å². The molecule has 5 nitrogen and oxygen atoms in total. The van der Waals surface area contributed by atoms with Crippen LogP contribution in [0.25, 0.3) is 0 Å². The van der Waals surface area contributed by atoms with Crippen LogP contribution in [0.3, 0.4) is 0 Å². The first-order valence-corrected chi connectivity index (χ1v) is 6.37. The van der Waals surface area contributed by atoms with Gasteiger partial charge in [0, 0.05) is 0 Å². The molecule has 6 heteroatoms. The molecule has 108 valence electrons. The van der Waals surface area contributed by atoms with Crippen molar-refractivity contribution >= 4 is 18.6 Å². The first-order chi connectivity index (χ1) is 10.1. The summed E-state index contributed by atoms with van der Waals surface area (Å²) >= 11 is 0. The van der Waals surface area contributed by atoms with E-state index in [1.165, 1.54) is 25.3 Å². The van der Waals surface area contributed by atoms with E-state index in [0.717, 1.165) is 5.56 Å². The standard InChI is InChI=1S/C15H15BO5/c1-20-14-8-7-12(16(18)19)9-13(14)15(17)21-10-11-5-3-2-4-6-11/h2-9,18-19H,10H2,1H3. The van der Waals surface area contributed by atoms with Gasteiger partial charge in [0.15, 0.2) is 0 Å². The Bertz CT molecular complexity index is 613. The molecule has 0 saturated carbocycles. The molecule has 2 aromatic rings. The lowest BCUT2D eigenvalue weighted by Gasteiger charge is -2.10. The van der Waals surface area contributed by atoms with Crippen LogP contribution >= 0.6 is 0 Å². The van der Waals surface area contributed by atoms with Gasteiger partial charge in [-0.25, -0.2) is 4.79 Å². The minimum atomic E-state index is -1.66. The first-order valence-electron chi connectivity index (χ1n) is 6.37. The van der Waals surface area contributed by atoms with E-state index < -0.39 is 13.1 Å². The molecule has 0 fully saturated rings. The number of rotatable bonds is 5. The van der Waals surface area contributed by atoms with Crippen LogP contribution in [0.2, 0.25) is 0 Å². The van der Waals surface area contributed by atoms with Gasteiger partial charge in [0.25, 0.3) is 0 Å². The highest BCUT2D eigenvalue weighted by Crippen LogP contribution is 2.18. The number of benzene rings is 2. The molecule has 0 spiro atoms. The zero-order chi connectivity index (χ0) is 15.2. The quantitative estimate of drug-likeness (QED) is 0.626. The molecular formula is C15H15BO5. The van der Waals surface area contributed by atoms with Crippen LogP contribution in [0.5, 0.6) is 5.75 Å². The lowest BCUT2D eigenvalue weighted by molar-refractivity contribution is 0.0469. The number of hydrogen-bond donors (Lipinski definition) is 2. The summed E-state index contributed by atoms with van der Waals surface area (Å²) < 4.78 is 10.3. The maximum atomic E-state index is 12.1. The molecule has 0 aliphatic carbocycles. The number of carbonyl (C=O) groups is 1. The van der Waals surface area contributed by atoms with Crippen LogP contribution in [0.1, 0.15) is 15.9 Å². The Morgan fingerprint density at radius 1 is 1.14 bits per heavy atom. The molecular weight excluding hydrogens is 271 g/mol. The summed E-state index contributed by atoms with van der Waals surface area (Å²) in [6.45, 7) is 0.134. The summed E-state index contributed by atoms with van der Waals surface area (Å²) in [6, 6.07) is 13.6. The van der Waals surface area contributed by atoms with Gasteiger partial charge < -0.3 is 19.5 Å². The van der Waals surface area contributed by atoms with E-state index >= 15 is 0 Å². The van der Waals surface area contributed by atoms with Gasteiger partial charge in [0.2, 0.25) is 0 Å². The topological polar surface area (TPSA) is 76.0 Å². The van der Waals surface area contributed by atoms with Crippen molar-refractivity contribution in [3.8, 4) is 5.75 Å². The smallest absolute Gasteiger partial charge is 0.488 e. The third-order valence-electron chi connectivity index (χ3n) is 2.95. The predicted octanol–water partition coefficient (Wildman–Crippen LogP) is 0.732.